The van der Waals surface area contributed by atoms with Gasteiger partial charge < -0.3 is 15.5 Å². The van der Waals surface area contributed by atoms with Crippen LogP contribution in [0.5, 0.6) is 0 Å². The predicted octanol–water partition coefficient (Wildman–Crippen LogP) is 1.18. The van der Waals surface area contributed by atoms with Crippen molar-refractivity contribution in [1.82, 2.24) is 10.6 Å². The van der Waals surface area contributed by atoms with Gasteiger partial charge in [-0.1, -0.05) is 12.1 Å². The van der Waals surface area contributed by atoms with Gasteiger partial charge >= 0.3 is 0 Å². The molecule has 1 amide bonds. The minimum Gasteiger partial charge on any atom is -0.360 e. The maximum atomic E-state index is 11.4. The summed E-state index contributed by atoms with van der Waals surface area (Å²) in [7, 11) is 0. The SMILES string of the molecule is Cc1cc(CNC2CC2)ccc1N1CCNC(=O)C1. The lowest BCUT2D eigenvalue weighted by Gasteiger charge is -2.30. The zero-order valence-corrected chi connectivity index (χ0v) is 11.4. The molecule has 2 aliphatic rings. The van der Waals surface area contributed by atoms with E-state index in [0.29, 0.717) is 6.54 Å². The van der Waals surface area contributed by atoms with Crippen LogP contribution in [0.1, 0.15) is 24.0 Å². The monoisotopic (exact) mass is 259 g/mol. The minimum absolute atomic E-state index is 0.116. The Kier molecular flexibility index (Phi) is 3.42. The molecule has 0 aromatic heterocycles. The molecule has 4 heteroatoms. The number of rotatable bonds is 4. The molecule has 0 unspecified atom stereocenters. The first-order valence-electron chi connectivity index (χ1n) is 7.07. The Morgan fingerprint density at radius 3 is 2.95 bits per heavy atom. The van der Waals surface area contributed by atoms with Crippen molar-refractivity contribution in [3.8, 4) is 0 Å². The summed E-state index contributed by atoms with van der Waals surface area (Å²) in [6, 6.07) is 7.30. The second-order valence-corrected chi connectivity index (χ2v) is 5.55. The summed E-state index contributed by atoms with van der Waals surface area (Å²) in [5.74, 6) is 0.116. The van der Waals surface area contributed by atoms with Gasteiger partial charge in [0.05, 0.1) is 6.54 Å². The van der Waals surface area contributed by atoms with E-state index in [2.05, 4.69) is 40.7 Å². The number of nitrogens with one attached hydrogen (secondary N) is 2. The molecule has 3 rings (SSSR count). The van der Waals surface area contributed by atoms with Gasteiger partial charge in [0.25, 0.3) is 0 Å². The molecule has 0 bridgehead atoms. The first kappa shape index (κ1) is 12.5. The summed E-state index contributed by atoms with van der Waals surface area (Å²) < 4.78 is 0. The Bertz CT molecular complexity index is 482. The summed E-state index contributed by atoms with van der Waals surface area (Å²) in [5, 5.41) is 6.39. The van der Waals surface area contributed by atoms with Crippen molar-refractivity contribution in [2.75, 3.05) is 24.5 Å². The van der Waals surface area contributed by atoms with Crippen LogP contribution in [-0.2, 0) is 11.3 Å². The molecule has 1 aliphatic carbocycles. The Balaban J connectivity index is 1.69. The van der Waals surface area contributed by atoms with E-state index >= 15 is 0 Å². The molecule has 1 heterocycles. The number of benzene rings is 1. The number of piperazine rings is 1. The van der Waals surface area contributed by atoms with Gasteiger partial charge in [-0.3, -0.25) is 4.79 Å². The maximum absolute atomic E-state index is 11.4. The molecule has 0 radical (unpaired) electrons. The zero-order chi connectivity index (χ0) is 13.2. The van der Waals surface area contributed by atoms with Gasteiger partial charge in [0, 0.05) is 31.4 Å². The number of hydrogen-bond donors (Lipinski definition) is 2. The van der Waals surface area contributed by atoms with E-state index in [0.717, 1.165) is 25.7 Å². The Hall–Kier alpha value is -1.55. The van der Waals surface area contributed by atoms with Gasteiger partial charge in [-0.25, -0.2) is 0 Å². The van der Waals surface area contributed by atoms with Gasteiger partial charge in [0.1, 0.15) is 0 Å². The number of nitrogens with zero attached hydrogens (tertiary/aromatic N) is 1. The van der Waals surface area contributed by atoms with Gasteiger partial charge in [0.15, 0.2) is 0 Å². The van der Waals surface area contributed by atoms with E-state index in [1.165, 1.54) is 29.7 Å². The van der Waals surface area contributed by atoms with Crippen LogP contribution in [0.3, 0.4) is 0 Å². The number of amides is 1. The Morgan fingerprint density at radius 1 is 1.42 bits per heavy atom. The first-order chi connectivity index (χ1) is 9.22. The van der Waals surface area contributed by atoms with Crippen molar-refractivity contribution >= 4 is 11.6 Å². The molecule has 1 saturated heterocycles. The van der Waals surface area contributed by atoms with E-state index in [4.69, 9.17) is 0 Å². The van der Waals surface area contributed by atoms with Gasteiger partial charge in [-0.2, -0.15) is 0 Å². The lowest BCUT2D eigenvalue weighted by atomic mass is 10.1. The summed E-state index contributed by atoms with van der Waals surface area (Å²) in [5.41, 5.74) is 3.77. The Morgan fingerprint density at radius 2 is 2.26 bits per heavy atom. The third-order valence-corrected chi connectivity index (χ3v) is 3.81. The molecule has 2 fully saturated rings. The second kappa shape index (κ2) is 5.21. The van der Waals surface area contributed by atoms with E-state index in [9.17, 15) is 4.79 Å². The summed E-state index contributed by atoms with van der Waals surface area (Å²) in [6.07, 6.45) is 2.64. The smallest absolute Gasteiger partial charge is 0.239 e. The largest absolute Gasteiger partial charge is 0.360 e. The van der Waals surface area contributed by atoms with E-state index in [1.54, 1.807) is 0 Å². The van der Waals surface area contributed by atoms with Crippen molar-refractivity contribution in [1.29, 1.82) is 0 Å². The van der Waals surface area contributed by atoms with E-state index in [-0.39, 0.29) is 5.91 Å². The third-order valence-electron chi connectivity index (χ3n) is 3.81. The van der Waals surface area contributed by atoms with Crippen LogP contribution in [0.4, 0.5) is 5.69 Å². The zero-order valence-electron chi connectivity index (χ0n) is 11.4. The van der Waals surface area contributed by atoms with Gasteiger partial charge in [-0.05, 0) is 37.0 Å². The highest BCUT2D eigenvalue weighted by Gasteiger charge is 2.20. The topological polar surface area (TPSA) is 44.4 Å². The molecule has 1 saturated carbocycles. The molecule has 0 spiro atoms. The summed E-state index contributed by atoms with van der Waals surface area (Å²) >= 11 is 0. The second-order valence-electron chi connectivity index (χ2n) is 5.55. The van der Waals surface area contributed by atoms with Crippen LogP contribution in [0, 0.1) is 6.92 Å². The third kappa shape index (κ3) is 3.07. The van der Waals surface area contributed by atoms with Gasteiger partial charge in [-0.15, -0.1) is 0 Å². The number of carbonyl (C=O) groups excluding carboxylic acids is 1. The number of hydrogen-bond acceptors (Lipinski definition) is 3. The highest BCUT2D eigenvalue weighted by atomic mass is 16.2. The molecule has 4 nitrogen and oxygen atoms in total. The van der Waals surface area contributed by atoms with Crippen LogP contribution in [0.25, 0.3) is 0 Å². The number of aryl methyl sites for hydroxylation is 1. The molecule has 2 N–H and O–H groups in total. The van der Waals surface area contributed by atoms with E-state index in [1.807, 2.05) is 0 Å². The molecule has 0 atom stereocenters. The van der Waals surface area contributed by atoms with Crippen molar-refractivity contribution < 1.29 is 4.79 Å². The molecule has 19 heavy (non-hydrogen) atoms. The quantitative estimate of drug-likeness (QED) is 0.853. The molecular weight excluding hydrogens is 238 g/mol. The maximum Gasteiger partial charge on any atom is 0.239 e. The summed E-state index contributed by atoms with van der Waals surface area (Å²) in [6.45, 7) is 5.19. The van der Waals surface area contributed by atoms with Gasteiger partial charge in [0.2, 0.25) is 5.91 Å². The highest BCUT2D eigenvalue weighted by molar-refractivity contribution is 5.83. The standard InChI is InChI=1S/C15H21N3O/c1-11-8-12(9-17-13-3-4-13)2-5-14(11)18-7-6-16-15(19)10-18/h2,5,8,13,17H,3-4,6-7,9-10H2,1H3,(H,16,19). The number of carbonyl (C=O) groups is 1. The fourth-order valence-electron chi connectivity index (χ4n) is 2.58. The van der Waals surface area contributed by atoms with Crippen LogP contribution >= 0.6 is 0 Å². The highest BCUT2D eigenvalue weighted by Crippen LogP contribution is 2.23. The first-order valence-corrected chi connectivity index (χ1v) is 7.07. The van der Waals surface area contributed by atoms with Crippen molar-refractivity contribution in [2.24, 2.45) is 0 Å². The molecular formula is C15H21N3O. The van der Waals surface area contributed by atoms with E-state index < -0.39 is 0 Å². The van der Waals surface area contributed by atoms with Crippen LogP contribution in [-0.4, -0.2) is 31.6 Å². The fourth-order valence-corrected chi connectivity index (χ4v) is 2.58. The van der Waals surface area contributed by atoms with Crippen LogP contribution in [0.2, 0.25) is 0 Å². The normalized spacial score (nSPS) is 19.4. The Labute approximate surface area is 114 Å². The van der Waals surface area contributed by atoms with Crippen molar-refractivity contribution in [3.63, 3.8) is 0 Å². The average molecular weight is 259 g/mol. The van der Waals surface area contributed by atoms with Crippen LogP contribution in [0.15, 0.2) is 18.2 Å². The summed E-state index contributed by atoms with van der Waals surface area (Å²) in [4.78, 5) is 13.6. The lowest BCUT2D eigenvalue weighted by molar-refractivity contribution is -0.120. The number of anilines is 1. The van der Waals surface area contributed by atoms with Crippen molar-refractivity contribution in [3.05, 3.63) is 29.3 Å². The van der Waals surface area contributed by atoms with Crippen LogP contribution < -0.4 is 15.5 Å². The predicted molar refractivity (Wildman–Crippen MR) is 76.3 cm³/mol. The minimum atomic E-state index is 0.116. The molecule has 1 aromatic rings. The molecule has 1 aromatic carbocycles. The lowest BCUT2D eigenvalue weighted by Crippen LogP contribution is -2.47. The van der Waals surface area contributed by atoms with Crippen molar-refractivity contribution in [2.45, 2.75) is 32.4 Å². The molecule has 102 valence electrons. The average Bonchev–Trinajstić information content (AvgIpc) is 3.20. The fraction of sp³-hybridized carbons (Fsp3) is 0.533. The molecule has 1 aliphatic heterocycles.